The molecule has 1 aliphatic rings. The number of aromatic nitrogens is 1. The molecule has 1 atom stereocenters. The number of H-pyrrole nitrogens is 1. The molecule has 0 saturated heterocycles. The predicted octanol–water partition coefficient (Wildman–Crippen LogP) is 5.78. The summed E-state index contributed by atoms with van der Waals surface area (Å²) in [6.07, 6.45) is -0.536. The van der Waals surface area contributed by atoms with Crippen molar-refractivity contribution in [2.45, 2.75) is 18.9 Å². The summed E-state index contributed by atoms with van der Waals surface area (Å²) in [5, 5.41) is 4.36. The number of hydrogen-bond acceptors (Lipinski definition) is 3. The SMILES string of the molecule is C[C@H](NC(=O)OCC1c2ccccc2-c2ccccc21)c1cc2cccc(Cl)c2c(=O)[nH]1. The van der Waals surface area contributed by atoms with Crippen molar-refractivity contribution in [3.05, 3.63) is 105 Å². The minimum atomic E-state index is -0.536. The Morgan fingerprint density at radius 3 is 2.38 bits per heavy atom. The number of benzene rings is 3. The van der Waals surface area contributed by atoms with Gasteiger partial charge in [0.05, 0.1) is 16.5 Å². The van der Waals surface area contributed by atoms with Crippen molar-refractivity contribution < 1.29 is 9.53 Å². The molecule has 3 aromatic carbocycles. The van der Waals surface area contributed by atoms with Gasteiger partial charge in [0.1, 0.15) is 6.61 Å². The number of rotatable bonds is 4. The van der Waals surface area contributed by atoms with Gasteiger partial charge in [0.15, 0.2) is 0 Å². The van der Waals surface area contributed by atoms with Gasteiger partial charge in [-0.3, -0.25) is 4.79 Å². The van der Waals surface area contributed by atoms with Crippen LogP contribution >= 0.6 is 11.6 Å². The van der Waals surface area contributed by atoms with Crippen LogP contribution < -0.4 is 10.9 Å². The summed E-state index contributed by atoms with van der Waals surface area (Å²) in [5.74, 6) is -0.00826. The number of ether oxygens (including phenoxy) is 1. The lowest BCUT2D eigenvalue weighted by atomic mass is 9.98. The predicted molar refractivity (Wildman–Crippen MR) is 126 cm³/mol. The molecule has 1 aromatic heterocycles. The Balaban J connectivity index is 1.31. The molecule has 1 aliphatic carbocycles. The van der Waals surface area contributed by atoms with E-state index in [2.05, 4.69) is 34.6 Å². The van der Waals surface area contributed by atoms with Gasteiger partial charge in [0.25, 0.3) is 5.56 Å². The van der Waals surface area contributed by atoms with E-state index >= 15 is 0 Å². The number of alkyl carbamates (subject to hydrolysis) is 1. The molecule has 0 spiro atoms. The minimum absolute atomic E-state index is 0.00826. The van der Waals surface area contributed by atoms with Crippen LogP contribution in [0.25, 0.3) is 21.9 Å². The van der Waals surface area contributed by atoms with Gasteiger partial charge in [-0.2, -0.15) is 0 Å². The third-order valence-electron chi connectivity index (χ3n) is 5.99. The average molecular weight is 445 g/mol. The number of hydrogen-bond donors (Lipinski definition) is 2. The van der Waals surface area contributed by atoms with E-state index < -0.39 is 12.1 Å². The van der Waals surface area contributed by atoms with Gasteiger partial charge in [-0.1, -0.05) is 72.3 Å². The maximum Gasteiger partial charge on any atom is 0.407 e. The van der Waals surface area contributed by atoms with Gasteiger partial charge in [0, 0.05) is 11.6 Å². The van der Waals surface area contributed by atoms with E-state index in [0.29, 0.717) is 16.1 Å². The first kappa shape index (κ1) is 20.3. The first-order valence-electron chi connectivity index (χ1n) is 10.5. The van der Waals surface area contributed by atoms with Crippen LogP contribution in [0.3, 0.4) is 0 Å². The fourth-order valence-corrected chi connectivity index (χ4v) is 4.69. The summed E-state index contributed by atoms with van der Waals surface area (Å²) in [4.78, 5) is 27.8. The summed E-state index contributed by atoms with van der Waals surface area (Å²) in [6.45, 7) is 2.03. The summed E-state index contributed by atoms with van der Waals surface area (Å²) < 4.78 is 5.61. The molecule has 0 unspecified atom stereocenters. The van der Waals surface area contributed by atoms with Gasteiger partial charge in [-0.25, -0.2) is 4.79 Å². The van der Waals surface area contributed by atoms with Crippen LogP contribution in [0.2, 0.25) is 5.02 Å². The second-order valence-corrected chi connectivity index (χ2v) is 8.36. The highest BCUT2D eigenvalue weighted by Crippen LogP contribution is 2.44. The lowest BCUT2D eigenvalue weighted by molar-refractivity contribution is 0.139. The summed E-state index contributed by atoms with van der Waals surface area (Å²) in [7, 11) is 0. The number of fused-ring (bicyclic) bond motifs is 4. The maximum atomic E-state index is 12.6. The van der Waals surface area contributed by atoms with E-state index in [-0.39, 0.29) is 18.1 Å². The molecule has 0 aliphatic heterocycles. The van der Waals surface area contributed by atoms with Crippen molar-refractivity contribution in [2.24, 2.45) is 0 Å². The average Bonchev–Trinajstić information content (AvgIpc) is 3.11. The third-order valence-corrected chi connectivity index (χ3v) is 6.30. The van der Waals surface area contributed by atoms with E-state index in [9.17, 15) is 9.59 Å². The Bertz CT molecular complexity index is 1350. The number of pyridine rings is 1. The van der Waals surface area contributed by atoms with Crippen molar-refractivity contribution in [1.29, 1.82) is 0 Å². The smallest absolute Gasteiger partial charge is 0.407 e. The van der Waals surface area contributed by atoms with Crippen LogP contribution in [0.4, 0.5) is 4.79 Å². The number of halogens is 1. The van der Waals surface area contributed by atoms with Crippen molar-refractivity contribution in [3.63, 3.8) is 0 Å². The standard InChI is InChI=1S/C26H21ClN2O3/c1-15(23-13-16-7-6-12-22(27)24(16)25(30)29-23)28-26(31)32-14-21-19-10-4-2-8-17(19)18-9-3-5-11-20(18)21/h2-13,15,21H,14H2,1H3,(H,28,31)(H,29,30)/t15-/m0/s1. The summed E-state index contributed by atoms with van der Waals surface area (Å²) in [5.41, 5.74) is 4.97. The molecule has 0 bridgehead atoms. The van der Waals surface area contributed by atoms with E-state index in [0.717, 1.165) is 16.5 Å². The zero-order valence-electron chi connectivity index (χ0n) is 17.4. The molecule has 5 nitrogen and oxygen atoms in total. The van der Waals surface area contributed by atoms with Crippen LogP contribution in [-0.4, -0.2) is 17.7 Å². The van der Waals surface area contributed by atoms with E-state index in [1.807, 2.05) is 36.4 Å². The minimum Gasteiger partial charge on any atom is -0.449 e. The molecular formula is C26H21ClN2O3. The molecular weight excluding hydrogens is 424 g/mol. The van der Waals surface area contributed by atoms with E-state index in [1.54, 1.807) is 19.1 Å². The highest BCUT2D eigenvalue weighted by atomic mass is 35.5. The van der Waals surface area contributed by atoms with Crippen molar-refractivity contribution in [1.82, 2.24) is 10.3 Å². The molecule has 2 N–H and O–H groups in total. The molecule has 5 rings (SSSR count). The van der Waals surface area contributed by atoms with Crippen molar-refractivity contribution >= 4 is 28.5 Å². The highest BCUT2D eigenvalue weighted by molar-refractivity contribution is 6.35. The molecule has 0 saturated carbocycles. The van der Waals surface area contributed by atoms with Crippen LogP contribution in [0, 0.1) is 0 Å². The number of amides is 1. The molecule has 6 heteroatoms. The molecule has 4 aromatic rings. The quantitative estimate of drug-likeness (QED) is 0.419. The lowest BCUT2D eigenvalue weighted by Crippen LogP contribution is -2.30. The molecule has 1 heterocycles. The van der Waals surface area contributed by atoms with Crippen LogP contribution in [0.15, 0.2) is 77.6 Å². The van der Waals surface area contributed by atoms with Gasteiger partial charge in [-0.05, 0) is 46.7 Å². The van der Waals surface area contributed by atoms with Crippen molar-refractivity contribution in [2.75, 3.05) is 6.61 Å². The topological polar surface area (TPSA) is 71.2 Å². The van der Waals surface area contributed by atoms with Gasteiger partial charge in [0.2, 0.25) is 0 Å². The highest BCUT2D eigenvalue weighted by Gasteiger charge is 2.29. The van der Waals surface area contributed by atoms with Gasteiger partial charge < -0.3 is 15.0 Å². The summed E-state index contributed by atoms with van der Waals surface area (Å²) >= 11 is 6.14. The zero-order valence-corrected chi connectivity index (χ0v) is 18.1. The Labute approximate surface area is 190 Å². The molecule has 0 radical (unpaired) electrons. The lowest BCUT2D eigenvalue weighted by Gasteiger charge is -2.17. The molecule has 1 amide bonds. The Morgan fingerprint density at radius 1 is 1.03 bits per heavy atom. The largest absolute Gasteiger partial charge is 0.449 e. The molecule has 0 fully saturated rings. The van der Waals surface area contributed by atoms with Crippen LogP contribution in [0.5, 0.6) is 0 Å². The summed E-state index contributed by atoms with van der Waals surface area (Å²) in [6, 6.07) is 23.0. The Kier molecular flexibility index (Phi) is 5.19. The maximum absolute atomic E-state index is 12.6. The molecule has 32 heavy (non-hydrogen) atoms. The fourth-order valence-electron chi connectivity index (χ4n) is 4.43. The number of aromatic amines is 1. The zero-order chi connectivity index (χ0) is 22.2. The second-order valence-electron chi connectivity index (χ2n) is 7.95. The first-order chi connectivity index (χ1) is 15.5. The van der Waals surface area contributed by atoms with E-state index in [4.69, 9.17) is 16.3 Å². The van der Waals surface area contributed by atoms with Gasteiger partial charge in [-0.15, -0.1) is 0 Å². The Morgan fingerprint density at radius 2 is 1.69 bits per heavy atom. The first-order valence-corrected chi connectivity index (χ1v) is 10.8. The number of nitrogens with one attached hydrogen (secondary N) is 2. The number of carbonyl (C=O) groups is 1. The monoisotopic (exact) mass is 444 g/mol. The van der Waals surface area contributed by atoms with Gasteiger partial charge >= 0.3 is 6.09 Å². The van der Waals surface area contributed by atoms with Crippen LogP contribution in [-0.2, 0) is 4.74 Å². The van der Waals surface area contributed by atoms with E-state index in [1.165, 1.54) is 11.1 Å². The van der Waals surface area contributed by atoms with Crippen molar-refractivity contribution in [3.8, 4) is 11.1 Å². The number of carbonyl (C=O) groups excluding carboxylic acids is 1. The Hall–Kier alpha value is -3.57. The molecule has 160 valence electrons. The second kappa shape index (κ2) is 8.17. The van der Waals surface area contributed by atoms with Crippen LogP contribution in [0.1, 0.15) is 35.7 Å². The normalized spacial score (nSPS) is 13.4. The third kappa shape index (κ3) is 3.55. The fraction of sp³-hybridized carbons (Fsp3) is 0.154.